The van der Waals surface area contributed by atoms with Crippen molar-refractivity contribution >= 4 is 17.3 Å². The van der Waals surface area contributed by atoms with Gasteiger partial charge in [0.15, 0.2) is 0 Å². The van der Waals surface area contributed by atoms with Crippen LogP contribution in [0.25, 0.3) is 0 Å². The Morgan fingerprint density at radius 1 is 1.47 bits per heavy atom. The van der Waals surface area contributed by atoms with Crippen molar-refractivity contribution in [2.75, 3.05) is 30.9 Å². The van der Waals surface area contributed by atoms with E-state index in [9.17, 15) is 4.79 Å². The van der Waals surface area contributed by atoms with Gasteiger partial charge in [-0.05, 0) is 25.5 Å². The van der Waals surface area contributed by atoms with Crippen LogP contribution in [0.15, 0.2) is 18.2 Å². The Balaban J connectivity index is 3.23. The van der Waals surface area contributed by atoms with Crippen molar-refractivity contribution in [1.29, 1.82) is 0 Å². The van der Waals surface area contributed by atoms with Crippen LogP contribution < -0.4 is 16.4 Å². The number of nitrogens with two attached hydrogens (primary N) is 2. The molecule has 0 heterocycles. The molecule has 0 saturated heterocycles. The van der Waals surface area contributed by atoms with Crippen LogP contribution in [0.3, 0.4) is 0 Å². The Labute approximate surface area is 114 Å². The van der Waals surface area contributed by atoms with Crippen LogP contribution in [0.1, 0.15) is 30.6 Å². The highest BCUT2D eigenvalue weighted by Gasteiger charge is 2.20. The van der Waals surface area contributed by atoms with E-state index in [2.05, 4.69) is 18.7 Å². The van der Waals surface area contributed by atoms with E-state index in [1.54, 1.807) is 25.3 Å². The van der Waals surface area contributed by atoms with Gasteiger partial charge >= 0.3 is 0 Å². The maximum Gasteiger partial charge on any atom is 0.250 e. The summed E-state index contributed by atoms with van der Waals surface area (Å²) in [6.45, 7) is 5.41. The van der Waals surface area contributed by atoms with E-state index in [4.69, 9.17) is 16.2 Å². The number of methoxy groups -OCH3 is 1. The minimum atomic E-state index is -0.465. The van der Waals surface area contributed by atoms with Crippen molar-refractivity contribution in [2.24, 2.45) is 5.73 Å². The highest BCUT2D eigenvalue weighted by atomic mass is 16.5. The number of hydrogen-bond donors (Lipinski definition) is 2. The lowest BCUT2D eigenvalue weighted by Gasteiger charge is -2.32. The summed E-state index contributed by atoms with van der Waals surface area (Å²) in [5, 5.41) is 0. The van der Waals surface area contributed by atoms with Crippen molar-refractivity contribution in [3.63, 3.8) is 0 Å². The third-order valence-electron chi connectivity index (χ3n) is 3.28. The van der Waals surface area contributed by atoms with Gasteiger partial charge in [-0.25, -0.2) is 0 Å². The molecule has 0 aliphatic heterocycles. The van der Waals surface area contributed by atoms with Gasteiger partial charge < -0.3 is 21.1 Å². The lowest BCUT2D eigenvalue weighted by atomic mass is 10.1. The molecule has 5 heteroatoms. The first-order valence-corrected chi connectivity index (χ1v) is 6.46. The highest BCUT2D eigenvalue weighted by Crippen LogP contribution is 2.29. The van der Waals surface area contributed by atoms with Crippen molar-refractivity contribution < 1.29 is 9.53 Å². The molecule has 5 nitrogen and oxygen atoms in total. The van der Waals surface area contributed by atoms with Crippen LogP contribution in [-0.4, -0.2) is 32.2 Å². The van der Waals surface area contributed by atoms with Gasteiger partial charge in [0.1, 0.15) is 0 Å². The molecule has 0 radical (unpaired) electrons. The lowest BCUT2D eigenvalue weighted by Crippen LogP contribution is -2.37. The van der Waals surface area contributed by atoms with Gasteiger partial charge in [0.05, 0.1) is 23.5 Å². The first-order valence-electron chi connectivity index (χ1n) is 6.46. The zero-order valence-corrected chi connectivity index (χ0v) is 11.8. The average molecular weight is 265 g/mol. The molecule has 0 fully saturated rings. The molecule has 1 rings (SSSR count). The number of carbonyl (C=O) groups is 1. The Kier molecular flexibility index (Phi) is 5.63. The molecule has 0 saturated carbocycles. The van der Waals surface area contributed by atoms with Crippen LogP contribution in [-0.2, 0) is 4.74 Å². The van der Waals surface area contributed by atoms with E-state index in [-0.39, 0.29) is 6.04 Å². The standard InChI is InChI=1S/C14H23N3O2/c1-4-10(2)17(8-9-19-3)13-11(14(16)18)6-5-7-12(13)15/h5-7,10H,4,8-9,15H2,1-3H3,(H2,16,18). The number of nitrogens with zero attached hydrogens (tertiary/aromatic N) is 1. The van der Waals surface area contributed by atoms with E-state index in [0.717, 1.165) is 6.42 Å². The summed E-state index contributed by atoms with van der Waals surface area (Å²) < 4.78 is 5.13. The molecule has 1 aromatic carbocycles. The molecule has 1 atom stereocenters. The van der Waals surface area contributed by atoms with E-state index in [1.807, 2.05) is 0 Å². The molecule has 1 aromatic rings. The molecular formula is C14H23N3O2. The van der Waals surface area contributed by atoms with Crippen molar-refractivity contribution in [3.05, 3.63) is 23.8 Å². The van der Waals surface area contributed by atoms with Gasteiger partial charge in [0.2, 0.25) is 0 Å². The van der Waals surface area contributed by atoms with Crippen LogP contribution in [0.5, 0.6) is 0 Å². The Morgan fingerprint density at radius 3 is 2.68 bits per heavy atom. The highest BCUT2D eigenvalue weighted by molar-refractivity contribution is 6.01. The molecule has 0 aliphatic carbocycles. The topological polar surface area (TPSA) is 81.6 Å². The minimum absolute atomic E-state index is 0.248. The smallest absolute Gasteiger partial charge is 0.250 e. The summed E-state index contributed by atoms with van der Waals surface area (Å²) >= 11 is 0. The number of ether oxygens (including phenoxy) is 1. The normalized spacial score (nSPS) is 12.2. The molecule has 0 aromatic heterocycles. The van der Waals surface area contributed by atoms with Crippen molar-refractivity contribution in [1.82, 2.24) is 0 Å². The van der Waals surface area contributed by atoms with Crippen LogP contribution in [0.4, 0.5) is 11.4 Å². The third kappa shape index (κ3) is 3.61. The fraction of sp³-hybridized carbons (Fsp3) is 0.500. The number of para-hydroxylation sites is 1. The second-order valence-electron chi connectivity index (χ2n) is 4.55. The monoisotopic (exact) mass is 265 g/mol. The minimum Gasteiger partial charge on any atom is -0.397 e. The lowest BCUT2D eigenvalue weighted by molar-refractivity contribution is 0.100. The van der Waals surface area contributed by atoms with Gasteiger partial charge in [-0.15, -0.1) is 0 Å². The number of amides is 1. The van der Waals surface area contributed by atoms with Crippen LogP contribution in [0.2, 0.25) is 0 Å². The first-order chi connectivity index (χ1) is 9.02. The van der Waals surface area contributed by atoms with E-state index in [1.165, 1.54) is 0 Å². The molecule has 106 valence electrons. The molecule has 4 N–H and O–H groups in total. The van der Waals surface area contributed by atoms with Gasteiger partial charge in [0, 0.05) is 19.7 Å². The van der Waals surface area contributed by atoms with E-state index < -0.39 is 5.91 Å². The number of benzene rings is 1. The van der Waals surface area contributed by atoms with Gasteiger partial charge in [0.25, 0.3) is 5.91 Å². The quantitative estimate of drug-likeness (QED) is 0.734. The predicted octanol–water partition coefficient (Wildman–Crippen LogP) is 1.62. The second kappa shape index (κ2) is 6.99. The number of hydrogen-bond acceptors (Lipinski definition) is 4. The van der Waals surface area contributed by atoms with Crippen molar-refractivity contribution in [3.8, 4) is 0 Å². The van der Waals surface area contributed by atoms with Gasteiger partial charge in [-0.1, -0.05) is 13.0 Å². The van der Waals surface area contributed by atoms with E-state index in [0.29, 0.717) is 30.1 Å². The zero-order chi connectivity index (χ0) is 14.4. The van der Waals surface area contributed by atoms with E-state index >= 15 is 0 Å². The van der Waals surface area contributed by atoms with Crippen LogP contribution in [0, 0.1) is 0 Å². The number of rotatable bonds is 7. The second-order valence-corrected chi connectivity index (χ2v) is 4.55. The third-order valence-corrected chi connectivity index (χ3v) is 3.28. The Morgan fingerprint density at radius 2 is 2.16 bits per heavy atom. The largest absolute Gasteiger partial charge is 0.397 e. The van der Waals surface area contributed by atoms with Gasteiger partial charge in [-0.2, -0.15) is 0 Å². The summed E-state index contributed by atoms with van der Waals surface area (Å²) in [4.78, 5) is 13.7. The first kappa shape index (κ1) is 15.3. The average Bonchev–Trinajstić information content (AvgIpc) is 2.39. The number of nitrogen functional groups attached to an aromatic ring is 1. The zero-order valence-electron chi connectivity index (χ0n) is 11.8. The molecule has 1 amide bonds. The fourth-order valence-corrected chi connectivity index (χ4v) is 2.04. The summed E-state index contributed by atoms with van der Waals surface area (Å²) in [6, 6.07) is 5.47. The molecule has 1 unspecified atom stereocenters. The van der Waals surface area contributed by atoms with Crippen molar-refractivity contribution in [2.45, 2.75) is 26.3 Å². The molecule has 19 heavy (non-hydrogen) atoms. The maximum absolute atomic E-state index is 11.6. The Bertz CT molecular complexity index is 435. The maximum atomic E-state index is 11.6. The molecule has 0 aliphatic rings. The summed E-state index contributed by atoms with van der Waals surface area (Å²) in [6.07, 6.45) is 0.941. The Hall–Kier alpha value is -1.75. The SMILES string of the molecule is CCC(C)N(CCOC)c1c(N)cccc1C(N)=O. The van der Waals surface area contributed by atoms with Gasteiger partial charge in [-0.3, -0.25) is 4.79 Å². The molecular weight excluding hydrogens is 242 g/mol. The summed E-state index contributed by atoms with van der Waals surface area (Å²) in [5.74, 6) is -0.465. The predicted molar refractivity (Wildman–Crippen MR) is 78.3 cm³/mol. The number of anilines is 2. The summed E-state index contributed by atoms with van der Waals surface area (Å²) in [5.41, 5.74) is 13.2. The molecule has 0 spiro atoms. The molecule has 0 bridgehead atoms. The number of primary amides is 1. The van der Waals surface area contributed by atoms with Crippen LogP contribution >= 0.6 is 0 Å². The number of carbonyl (C=O) groups excluding carboxylic acids is 1. The fourth-order valence-electron chi connectivity index (χ4n) is 2.04. The summed E-state index contributed by atoms with van der Waals surface area (Å²) in [7, 11) is 1.65.